The van der Waals surface area contributed by atoms with Crippen molar-refractivity contribution in [2.24, 2.45) is 17.8 Å². The summed E-state index contributed by atoms with van der Waals surface area (Å²) in [5.74, 6) is -0.981. The van der Waals surface area contributed by atoms with Crippen LogP contribution in [0.5, 0.6) is 0 Å². The molecule has 1 fully saturated rings. The molecule has 0 N–H and O–H groups in total. The van der Waals surface area contributed by atoms with Gasteiger partial charge in [-0.15, -0.1) is 0 Å². The van der Waals surface area contributed by atoms with Crippen LogP contribution in [-0.2, 0) is 14.3 Å². The van der Waals surface area contributed by atoms with Crippen molar-refractivity contribution >= 4 is 11.9 Å². The highest BCUT2D eigenvalue weighted by Crippen LogP contribution is 2.36. The van der Waals surface area contributed by atoms with Crippen molar-refractivity contribution in [1.29, 1.82) is 0 Å². The fraction of sp³-hybridized carbons (Fsp3) is 0.556. The van der Waals surface area contributed by atoms with E-state index < -0.39 is 0 Å². The van der Waals surface area contributed by atoms with Crippen molar-refractivity contribution in [1.82, 2.24) is 0 Å². The van der Waals surface area contributed by atoms with Gasteiger partial charge in [0.2, 0.25) is 0 Å². The smallest absolute Gasteiger partial charge is 0.318 e. The largest absolute Gasteiger partial charge is 0.393 e. The highest BCUT2D eigenvalue weighted by atomic mass is 16.6. The van der Waals surface area contributed by atoms with Crippen molar-refractivity contribution in [2.75, 3.05) is 0 Å². The quantitative estimate of drug-likeness (QED) is 0.305. The first-order valence-corrected chi connectivity index (χ1v) is 4.12. The van der Waals surface area contributed by atoms with Gasteiger partial charge >= 0.3 is 11.9 Å². The van der Waals surface area contributed by atoms with E-state index in [9.17, 15) is 9.59 Å². The zero-order valence-corrected chi connectivity index (χ0v) is 6.82. The topological polar surface area (TPSA) is 43.4 Å². The van der Waals surface area contributed by atoms with Gasteiger partial charge in [0.15, 0.2) is 0 Å². The molecule has 2 aliphatic rings. The van der Waals surface area contributed by atoms with Crippen LogP contribution in [0.25, 0.3) is 0 Å². The third kappa shape index (κ3) is 0.891. The molecule has 64 valence electrons. The Kier molecular flexibility index (Phi) is 1.53. The number of fused-ring (bicyclic) bond motifs is 1. The molecule has 0 aromatic carbocycles. The minimum atomic E-state index is -0.346. The molecule has 0 bridgehead atoms. The van der Waals surface area contributed by atoms with Crippen LogP contribution in [0.1, 0.15) is 13.3 Å². The molecule has 2 rings (SSSR count). The zero-order valence-electron chi connectivity index (χ0n) is 6.82. The molecule has 1 unspecified atom stereocenters. The van der Waals surface area contributed by atoms with Crippen LogP contribution in [0.2, 0.25) is 0 Å². The SMILES string of the molecule is CC1C=CC[C@@H]2C(=O)OC(=O)[C@H]12. The lowest BCUT2D eigenvalue weighted by atomic mass is 9.78. The number of cyclic esters (lactones) is 2. The Hall–Kier alpha value is -1.12. The molecule has 3 nitrogen and oxygen atoms in total. The molecular weight excluding hydrogens is 156 g/mol. The molecule has 1 aliphatic carbocycles. The van der Waals surface area contributed by atoms with Crippen molar-refractivity contribution < 1.29 is 14.3 Å². The van der Waals surface area contributed by atoms with Gasteiger partial charge < -0.3 is 4.74 Å². The Morgan fingerprint density at radius 2 is 2.17 bits per heavy atom. The Morgan fingerprint density at radius 1 is 1.42 bits per heavy atom. The van der Waals surface area contributed by atoms with Crippen molar-refractivity contribution in [3.05, 3.63) is 12.2 Å². The normalized spacial score (nSPS) is 39.6. The molecule has 0 saturated carbocycles. The number of allylic oxidation sites excluding steroid dienone is 2. The maximum Gasteiger partial charge on any atom is 0.318 e. The fourth-order valence-corrected chi connectivity index (χ4v) is 1.94. The highest BCUT2D eigenvalue weighted by Gasteiger charge is 2.46. The summed E-state index contributed by atoms with van der Waals surface area (Å²) < 4.78 is 4.56. The lowest BCUT2D eigenvalue weighted by molar-refractivity contribution is -0.153. The summed E-state index contributed by atoms with van der Waals surface area (Å²) in [6, 6.07) is 0. The average molecular weight is 166 g/mol. The Labute approximate surface area is 70.4 Å². The van der Waals surface area contributed by atoms with Gasteiger partial charge in [-0.2, -0.15) is 0 Å². The number of hydrogen-bond donors (Lipinski definition) is 0. The molecule has 1 aliphatic heterocycles. The second-order valence-electron chi connectivity index (χ2n) is 3.40. The third-order valence-electron chi connectivity index (χ3n) is 2.61. The maximum atomic E-state index is 11.2. The van der Waals surface area contributed by atoms with E-state index in [1.165, 1.54) is 0 Å². The summed E-state index contributed by atoms with van der Waals surface area (Å²) in [6.45, 7) is 1.94. The molecule has 0 spiro atoms. The lowest BCUT2D eigenvalue weighted by Crippen LogP contribution is -2.25. The van der Waals surface area contributed by atoms with Crippen LogP contribution < -0.4 is 0 Å². The minimum absolute atomic E-state index is 0.141. The maximum absolute atomic E-state index is 11.2. The van der Waals surface area contributed by atoms with Crippen LogP contribution in [0, 0.1) is 17.8 Å². The molecule has 3 heteroatoms. The van der Waals surface area contributed by atoms with Crippen LogP contribution in [-0.4, -0.2) is 11.9 Å². The van der Waals surface area contributed by atoms with E-state index in [0.29, 0.717) is 6.42 Å². The van der Waals surface area contributed by atoms with E-state index in [4.69, 9.17) is 0 Å². The number of carbonyl (C=O) groups excluding carboxylic acids is 2. The predicted molar refractivity (Wildman–Crippen MR) is 41.0 cm³/mol. The Balaban J connectivity index is 2.32. The van der Waals surface area contributed by atoms with E-state index >= 15 is 0 Å². The van der Waals surface area contributed by atoms with Crippen LogP contribution in [0.4, 0.5) is 0 Å². The van der Waals surface area contributed by atoms with Crippen LogP contribution in [0.3, 0.4) is 0 Å². The third-order valence-corrected chi connectivity index (χ3v) is 2.61. The van der Waals surface area contributed by atoms with E-state index in [1.54, 1.807) is 0 Å². The summed E-state index contributed by atoms with van der Waals surface area (Å²) in [4.78, 5) is 22.2. The summed E-state index contributed by atoms with van der Waals surface area (Å²) in [6.07, 6.45) is 4.58. The van der Waals surface area contributed by atoms with Crippen molar-refractivity contribution in [2.45, 2.75) is 13.3 Å². The molecule has 0 aromatic rings. The minimum Gasteiger partial charge on any atom is -0.393 e. The van der Waals surface area contributed by atoms with Gasteiger partial charge in [0.25, 0.3) is 0 Å². The van der Waals surface area contributed by atoms with Crippen molar-refractivity contribution in [3.63, 3.8) is 0 Å². The molecule has 0 radical (unpaired) electrons. The van der Waals surface area contributed by atoms with Gasteiger partial charge in [0, 0.05) is 0 Å². The number of rotatable bonds is 0. The standard InChI is InChI=1S/C9H10O3/c1-5-3-2-4-6-7(5)9(11)12-8(6)10/h2-3,5-7H,4H2,1H3/t5?,6-,7+/m0/s1. The van der Waals surface area contributed by atoms with Crippen LogP contribution in [0.15, 0.2) is 12.2 Å². The van der Waals surface area contributed by atoms with Gasteiger partial charge in [-0.25, -0.2) is 0 Å². The molecule has 3 atom stereocenters. The molecule has 1 saturated heterocycles. The second kappa shape index (κ2) is 2.44. The zero-order chi connectivity index (χ0) is 8.72. The van der Waals surface area contributed by atoms with Gasteiger partial charge in [-0.05, 0) is 12.3 Å². The van der Waals surface area contributed by atoms with E-state index in [1.807, 2.05) is 19.1 Å². The molecular formula is C9H10O3. The number of carbonyl (C=O) groups is 2. The van der Waals surface area contributed by atoms with Crippen molar-refractivity contribution in [3.8, 4) is 0 Å². The molecule has 1 heterocycles. The fourth-order valence-electron chi connectivity index (χ4n) is 1.94. The van der Waals surface area contributed by atoms with Gasteiger partial charge in [-0.3, -0.25) is 9.59 Å². The monoisotopic (exact) mass is 166 g/mol. The summed E-state index contributed by atoms with van der Waals surface area (Å²) >= 11 is 0. The Bertz CT molecular complexity index is 267. The summed E-state index contributed by atoms with van der Waals surface area (Å²) in [7, 11) is 0. The van der Waals surface area contributed by atoms with Gasteiger partial charge in [0.05, 0.1) is 11.8 Å². The Morgan fingerprint density at radius 3 is 2.83 bits per heavy atom. The number of hydrogen-bond acceptors (Lipinski definition) is 3. The summed E-state index contributed by atoms with van der Waals surface area (Å²) in [5.41, 5.74) is 0. The first-order chi connectivity index (χ1) is 5.70. The first kappa shape index (κ1) is 7.53. The average Bonchev–Trinajstić information content (AvgIpc) is 2.29. The number of esters is 2. The second-order valence-corrected chi connectivity index (χ2v) is 3.40. The lowest BCUT2D eigenvalue weighted by Gasteiger charge is -2.20. The highest BCUT2D eigenvalue weighted by molar-refractivity contribution is 5.97. The first-order valence-electron chi connectivity index (χ1n) is 4.12. The van der Waals surface area contributed by atoms with Crippen LogP contribution >= 0.6 is 0 Å². The predicted octanol–water partition coefficient (Wildman–Crippen LogP) is 0.898. The number of ether oxygens (including phenoxy) is 1. The van der Waals surface area contributed by atoms with Gasteiger partial charge in [-0.1, -0.05) is 19.1 Å². The molecule has 0 amide bonds. The van der Waals surface area contributed by atoms with E-state index in [0.717, 1.165) is 0 Å². The summed E-state index contributed by atoms with van der Waals surface area (Å²) in [5, 5.41) is 0. The van der Waals surface area contributed by atoms with E-state index in [2.05, 4.69) is 4.74 Å². The molecule has 0 aromatic heterocycles. The van der Waals surface area contributed by atoms with Gasteiger partial charge in [0.1, 0.15) is 0 Å². The molecule has 12 heavy (non-hydrogen) atoms. The van der Waals surface area contributed by atoms with E-state index in [-0.39, 0.29) is 29.7 Å².